The molecule has 0 spiro atoms. The maximum atomic E-state index is 14.0. The van der Waals surface area contributed by atoms with Crippen LogP contribution in [0.3, 0.4) is 0 Å². The van der Waals surface area contributed by atoms with Gasteiger partial charge in [-0.2, -0.15) is 0 Å². The number of carbonyl (C=O) groups is 5. The third-order valence-electron chi connectivity index (χ3n) is 11.9. The predicted molar refractivity (Wildman–Crippen MR) is 151 cm³/mol. The van der Waals surface area contributed by atoms with Crippen LogP contribution in [-0.4, -0.2) is 65.3 Å². The van der Waals surface area contributed by atoms with Crippen molar-refractivity contribution in [3.63, 3.8) is 0 Å². The van der Waals surface area contributed by atoms with Crippen LogP contribution in [0.5, 0.6) is 0 Å². The lowest BCUT2D eigenvalue weighted by atomic mass is 9.40. The number of fused-ring (bicyclic) bond motifs is 3. The van der Waals surface area contributed by atoms with Gasteiger partial charge < -0.3 is 28.5 Å². The van der Waals surface area contributed by atoms with Crippen LogP contribution in [0.4, 0.5) is 0 Å². The Labute approximate surface area is 255 Å². The van der Waals surface area contributed by atoms with E-state index in [1.54, 1.807) is 26.8 Å². The van der Waals surface area contributed by atoms with Gasteiger partial charge in [-0.25, -0.2) is 0 Å². The summed E-state index contributed by atoms with van der Waals surface area (Å²) in [5.74, 6) is -4.24. The van der Waals surface area contributed by atoms with Crippen molar-refractivity contribution < 1.29 is 52.4 Å². The Hall–Kier alpha value is -3.47. The SMILES string of the molecule is COC(=O)CC1C2(C)CC3(OC(C)=O)C1(C)C1CCC(C)(C(=O)c4ccoc4)C4=C1C(OC(=O)C4)C3(O)C2OC(=O)C(C)C. The number of ketones is 1. The molecule has 1 N–H and O–H groups in total. The molecule has 2 bridgehead atoms. The van der Waals surface area contributed by atoms with Gasteiger partial charge in [-0.05, 0) is 48.8 Å². The zero-order chi connectivity index (χ0) is 32.2. The predicted octanol–water partition coefficient (Wildman–Crippen LogP) is 3.71. The summed E-state index contributed by atoms with van der Waals surface area (Å²) >= 11 is 0. The van der Waals surface area contributed by atoms with Crippen molar-refractivity contribution in [2.75, 3.05) is 7.11 Å². The van der Waals surface area contributed by atoms with Gasteiger partial charge in [-0.1, -0.05) is 27.7 Å². The molecule has 0 aromatic carbocycles. The molecule has 9 atom stereocenters. The van der Waals surface area contributed by atoms with Crippen LogP contribution in [0.25, 0.3) is 0 Å². The van der Waals surface area contributed by atoms with Crippen LogP contribution in [0.15, 0.2) is 34.2 Å². The Balaban J connectivity index is 1.66. The molecule has 5 aliphatic rings. The minimum Gasteiger partial charge on any atom is -0.472 e. The van der Waals surface area contributed by atoms with Crippen LogP contribution in [0, 0.1) is 34.0 Å². The molecule has 2 heterocycles. The molecule has 6 rings (SSSR count). The van der Waals surface area contributed by atoms with Gasteiger partial charge >= 0.3 is 23.9 Å². The first kappa shape index (κ1) is 30.6. The molecule has 3 fully saturated rings. The average molecular weight is 613 g/mol. The second-order valence-electron chi connectivity index (χ2n) is 14.3. The lowest BCUT2D eigenvalue weighted by Crippen LogP contribution is -2.81. The molecule has 1 aliphatic heterocycles. The second kappa shape index (κ2) is 9.52. The fourth-order valence-electron chi connectivity index (χ4n) is 10.1. The number of Topliss-reactive ketones (excluding diaryl/α,β-unsaturated/α-hetero) is 1. The molecule has 1 aromatic heterocycles. The number of furan rings is 1. The van der Waals surface area contributed by atoms with Gasteiger partial charge in [0.15, 0.2) is 23.1 Å². The van der Waals surface area contributed by atoms with Gasteiger partial charge in [-0.3, -0.25) is 24.0 Å². The van der Waals surface area contributed by atoms with Crippen LogP contribution in [-0.2, 0) is 38.1 Å². The Morgan fingerprint density at radius 3 is 2.45 bits per heavy atom. The molecule has 44 heavy (non-hydrogen) atoms. The molecule has 11 nitrogen and oxygen atoms in total. The van der Waals surface area contributed by atoms with E-state index in [0.29, 0.717) is 29.6 Å². The number of esters is 4. The second-order valence-corrected chi connectivity index (χ2v) is 14.3. The Morgan fingerprint density at radius 2 is 1.86 bits per heavy atom. The highest BCUT2D eigenvalue weighted by molar-refractivity contribution is 6.03. The summed E-state index contributed by atoms with van der Waals surface area (Å²) < 4.78 is 28.7. The van der Waals surface area contributed by atoms with Crippen LogP contribution in [0.2, 0.25) is 0 Å². The summed E-state index contributed by atoms with van der Waals surface area (Å²) in [5.41, 5.74) is -5.76. The number of ether oxygens (including phenoxy) is 4. The average Bonchev–Trinajstić information content (AvgIpc) is 3.61. The fraction of sp³-hybridized carbons (Fsp3) is 0.667. The first-order valence-corrected chi connectivity index (χ1v) is 15.2. The lowest BCUT2D eigenvalue weighted by molar-refractivity contribution is -0.320. The van der Waals surface area contributed by atoms with Crippen molar-refractivity contribution in [1.82, 2.24) is 0 Å². The lowest BCUT2D eigenvalue weighted by Gasteiger charge is -2.68. The molecule has 11 heteroatoms. The van der Waals surface area contributed by atoms with Gasteiger partial charge in [0.25, 0.3) is 0 Å². The zero-order valence-electron chi connectivity index (χ0n) is 26.2. The highest BCUT2D eigenvalue weighted by Gasteiger charge is 2.92. The first-order chi connectivity index (χ1) is 20.5. The zero-order valence-corrected chi connectivity index (χ0v) is 26.2. The number of methoxy groups -OCH3 is 1. The van der Waals surface area contributed by atoms with Crippen LogP contribution in [0.1, 0.15) is 84.0 Å². The van der Waals surface area contributed by atoms with E-state index in [1.165, 1.54) is 26.6 Å². The van der Waals surface area contributed by atoms with Crippen molar-refractivity contribution in [3.05, 3.63) is 35.3 Å². The van der Waals surface area contributed by atoms with E-state index in [0.717, 1.165) is 0 Å². The number of hydrogen-bond donors (Lipinski definition) is 1. The van der Waals surface area contributed by atoms with Crippen molar-refractivity contribution in [3.8, 4) is 0 Å². The number of carbonyl (C=O) groups excluding carboxylic acids is 5. The molecule has 4 aliphatic carbocycles. The standard InChI is InChI=1S/C33H40O11/c1-16(2)27(38)43-28-30(5)15-32(44-17(3)34)31(6,21(30)13-22(35)40-7)19-8-10-29(4,25(37)18-9-11-41-14-18)20-12-23(36)42-26(24(19)20)33(28,32)39/h9,11,14,16,19,21,26,28,39H,8,10,12-13,15H2,1-7H3. The van der Waals surface area contributed by atoms with E-state index < -0.39 is 81.3 Å². The monoisotopic (exact) mass is 612 g/mol. The Kier molecular flexibility index (Phi) is 6.61. The van der Waals surface area contributed by atoms with Crippen molar-refractivity contribution in [1.29, 1.82) is 0 Å². The minimum atomic E-state index is -2.22. The summed E-state index contributed by atoms with van der Waals surface area (Å²) in [6, 6.07) is 1.58. The molecule has 3 saturated carbocycles. The van der Waals surface area contributed by atoms with E-state index in [9.17, 15) is 29.1 Å². The molecule has 1 aromatic rings. The van der Waals surface area contributed by atoms with Gasteiger partial charge in [-0.15, -0.1) is 0 Å². The normalized spacial score (nSPS) is 41.6. The summed E-state index contributed by atoms with van der Waals surface area (Å²) in [5, 5.41) is 13.2. The molecular formula is C33H40O11. The molecule has 0 saturated heterocycles. The summed E-state index contributed by atoms with van der Waals surface area (Å²) in [6.45, 7) is 10.1. The van der Waals surface area contributed by atoms with Crippen molar-refractivity contribution >= 4 is 29.7 Å². The fourth-order valence-corrected chi connectivity index (χ4v) is 10.1. The molecule has 9 unspecified atom stereocenters. The van der Waals surface area contributed by atoms with E-state index >= 15 is 0 Å². The summed E-state index contributed by atoms with van der Waals surface area (Å²) in [6.07, 6.45) is 0.668. The van der Waals surface area contributed by atoms with E-state index in [2.05, 4.69) is 0 Å². The van der Waals surface area contributed by atoms with Gasteiger partial charge in [0.1, 0.15) is 12.4 Å². The van der Waals surface area contributed by atoms with Crippen molar-refractivity contribution in [2.45, 2.75) is 97.1 Å². The maximum absolute atomic E-state index is 14.0. The van der Waals surface area contributed by atoms with Crippen LogP contribution < -0.4 is 0 Å². The smallest absolute Gasteiger partial charge is 0.310 e. The van der Waals surface area contributed by atoms with Gasteiger partial charge in [0.05, 0.1) is 36.7 Å². The number of hydrogen-bond acceptors (Lipinski definition) is 11. The third-order valence-corrected chi connectivity index (χ3v) is 11.9. The number of rotatable bonds is 7. The quantitative estimate of drug-likeness (QED) is 0.207. The van der Waals surface area contributed by atoms with E-state index in [-0.39, 0.29) is 25.0 Å². The molecular weight excluding hydrogens is 572 g/mol. The van der Waals surface area contributed by atoms with Gasteiger partial charge in [0, 0.05) is 30.6 Å². The summed E-state index contributed by atoms with van der Waals surface area (Å²) in [7, 11) is 1.29. The van der Waals surface area contributed by atoms with Gasteiger partial charge in [0.2, 0.25) is 0 Å². The highest BCUT2D eigenvalue weighted by atomic mass is 16.6. The Morgan fingerprint density at radius 1 is 1.16 bits per heavy atom. The molecule has 0 radical (unpaired) electrons. The largest absolute Gasteiger partial charge is 0.472 e. The topological polar surface area (TPSA) is 156 Å². The maximum Gasteiger partial charge on any atom is 0.310 e. The van der Waals surface area contributed by atoms with Crippen LogP contribution >= 0.6 is 0 Å². The van der Waals surface area contributed by atoms with E-state index in [4.69, 9.17) is 23.4 Å². The third kappa shape index (κ3) is 3.50. The molecule has 238 valence electrons. The van der Waals surface area contributed by atoms with Crippen molar-refractivity contribution in [2.24, 2.45) is 34.0 Å². The molecule has 0 amide bonds. The van der Waals surface area contributed by atoms with E-state index in [1.807, 2.05) is 13.8 Å². The minimum absolute atomic E-state index is 0.0582. The Bertz CT molecular complexity index is 1490. The number of aliphatic hydroxyl groups is 1. The summed E-state index contributed by atoms with van der Waals surface area (Å²) in [4.78, 5) is 66.7. The highest BCUT2D eigenvalue weighted by Crippen LogP contribution is 2.82. The first-order valence-electron chi connectivity index (χ1n) is 15.2.